The normalized spacial score (nSPS) is 21.5. The number of benzene rings is 4. The molecule has 0 aliphatic heterocycles. The highest BCUT2D eigenvalue weighted by Crippen LogP contribution is 2.59. The quantitative estimate of drug-likeness (QED) is 0.295. The monoisotopic (exact) mass is 444 g/mol. The van der Waals surface area contributed by atoms with Crippen molar-refractivity contribution >= 4 is 11.6 Å². The van der Waals surface area contributed by atoms with E-state index in [1.54, 1.807) is 0 Å². The number of ketones is 2. The fraction of sp³-hybridized carbons (Fsp3) is 0.188. The third-order valence-corrected chi connectivity index (χ3v) is 7.19. The molecule has 1 aliphatic carbocycles. The van der Waals surface area contributed by atoms with E-state index >= 15 is 0 Å². The van der Waals surface area contributed by atoms with Crippen LogP contribution in [0.25, 0.3) is 0 Å². The number of hydrogen-bond donors (Lipinski definition) is 0. The van der Waals surface area contributed by atoms with E-state index in [4.69, 9.17) is 0 Å². The lowest BCUT2D eigenvalue weighted by molar-refractivity contribution is 0.0456. The van der Waals surface area contributed by atoms with E-state index in [0.29, 0.717) is 11.1 Å². The molecule has 0 heterocycles. The van der Waals surface area contributed by atoms with Crippen molar-refractivity contribution in [3.8, 4) is 0 Å². The molecule has 0 bridgehead atoms. The summed E-state index contributed by atoms with van der Waals surface area (Å²) in [5.41, 5.74) is 5.78. The second kappa shape index (κ2) is 9.23. The molecule has 2 heteroatoms. The molecule has 4 aromatic rings. The Morgan fingerprint density at radius 2 is 0.794 bits per heavy atom. The molecule has 2 nitrogen and oxygen atoms in total. The van der Waals surface area contributed by atoms with E-state index in [-0.39, 0.29) is 23.4 Å². The molecule has 0 radical (unpaired) electrons. The predicted octanol–water partition coefficient (Wildman–Crippen LogP) is 7.18. The van der Waals surface area contributed by atoms with Gasteiger partial charge in [-0.3, -0.25) is 9.59 Å². The fourth-order valence-electron chi connectivity index (χ4n) is 5.40. The van der Waals surface area contributed by atoms with Crippen LogP contribution >= 0.6 is 0 Å². The summed E-state index contributed by atoms with van der Waals surface area (Å²) in [4.78, 5) is 27.9. The third-order valence-electron chi connectivity index (χ3n) is 7.19. The zero-order valence-electron chi connectivity index (χ0n) is 19.5. The molecule has 5 rings (SSSR count). The van der Waals surface area contributed by atoms with Gasteiger partial charge in [-0.25, -0.2) is 0 Å². The summed E-state index contributed by atoms with van der Waals surface area (Å²) in [7, 11) is 0. The average Bonchev–Trinajstić information content (AvgIpc) is 2.85. The van der Waals surface area contributed by atoms with Gasteiger partial charge in [0, 0.05) is 34.8 Å². The van der Waals surface area contributed by atoms with E-state index < -0.39 is 11.8 Å². The lowest BCUT2D eigenvalue weighted by Crippen LogP contribution is -2.51. The molecule has 0 saturated heterocycles. The molecule has 0 amide bonds. The van der Waals surface area contributed by atoms with Crippen molar-refractivity contribution in [2.45, 2.75) is 25.7 Å². The lowest BCUT2D eigenvalue weighted by Gasteiger charge is -2.51. The van der Waals surface area contributed by atoms with E-state index in [0.717, 1.165) is 22.3 Å². The van der Waals surface area contributed by atoms with Crippen molar-refractivity contribution in [2.24, 2.45) is 11.8 Å². The van der Waals surface area contributed by atoms with Gasteiger partial charge in [0.25, 0.3) is 0 Å². The Balaban J connectivity index is 1.63. The number of carbonyl (C=O) groups is 2. The van der Waals surface area contributed by atoms with Crippen LogP contribution in [0.4, 0.5) is 0 Å². The van der Waals surface area contributed by atoms with Gasteiger partial charge in [0.2, 0.25) is 0 Å². The molecule has 0 spiro atoms. The van der Waals surface area contributed by atoms with E-state index in [1.807, 2.05) is 98.8 Å². The Hall–Kier alpha value is -3.78. The van der Waals surface area contributed by atoms with Crippen LogP contribution in [0.3, 0.4) is 0 Å². The van der Waals surface area contributed by atoms with Crippen LogP contribution in [0.15, 0.2) is 109 Å². The molecule has 4 unspecified atom stereocenters. The minimum absolute atomic E-state index is 0.0477. The minimum Gasteiger partial charge on any atom is -0.294 e. The van der Waals surface area contributed by atoms with Gasteiger partial charge >= 0.3 is 0 Å². The van der Waals surface area contributed by atoms with Crippen LogP contribution in [0.5, 0.6) is 0 Å². The summed E-state index contributed by atoms with van der Waals surface area (Å²) in [6.45, 7) is 4.03. The minimum atomic E-state index is -0.413. The van der Waals surface area contributed by atoms with Crippen LogP contribution in [0, 0.1) is 25.7 Å². The maximum Gasteiger partial charge on any atom is 0.167 e. The first-order valence-electron chi connectivity index (χ1n) is 11.9. The second-order valence-electron chi connectivity index (χ2n) is 9.39. The first-order chi connectivity index (χ1) is 16.5. The largest absolute Gasteiger partial charge is 0.294 e. The van der Waals surface area contributed by atoms with Gasteiger partial charge in [0.05, 0.1) is 0 Å². The number of Topliss-reactive ketones (excluding diaryl/α,β-unsaturated/α-hetero) is 2. The van der Waals surface area contributed by atoms with Crippen LogP contribution in [-0.4, -0.2) is 11.6 Å². The highest BCUT2D eigenvalue weighted by Gasteiger charge is 2.57. The van der Waals surface area contributed by atoms with Crippen molar-refractivity contribution in [1.82, 2.24) is 0 Å². The maximum atomic E-state index is 13.9. The van der Waals surface area contributed by atoms with Crippen molar-refractivity contribution in [1.29, 1.82) is 0 Å². The molecule has 34 heavy (non-hydrogen) atoms. The van der Waals surface area contributed by atoms with Crippen LogP contribution in [0.2, 0.25) is 0 Å². The molecule has 4 atom stereocenters. The Morgan fingerprint density at radius 1 is 0.471 bits per heavy atom. The molecular formula is C32H28O2. The Morgan fingerprint density at radius 3 is 1.12 bits per heavy atom. The lowest BCUT2D eigenvalue weighted by atomic mass is 9.49. The Bertz CT molecular complexity index is 1180. The Labute approximate surface area is 201 Å². The highest BCUT2D eigenvalue weighted by atomic mass is 16.1. The molecule has 1 fully saturated rings. The van der Waals surface area contributed by atoms with Gasteiger partial charge in [-0.1, -0.05) is 120 Å². The van der Waals surface area contributed by atoms with Crippen LogP contribution in [-0.2, 0) is 0 Å². The summed E-state index contributed by atoms with van der Waals surface area (Å²) in [5.74, 6) is -0.847. The van der Waals surface area contributed by atoms with Gasteiger partial charge in [0.1, 0.15) is 0 Å². The summed E-state index contributed by atoms with van der Waals surface area (Å²) < 4.78 is 0. The maximum absolute atomic E-state index is 13.9. The highest BCUT2D eigenvalue weighted by molar-refractivity contribution is 6.07. The number of carbonyl (C=O) groups excluding carboxylic acids is 2. The smallest absolute Gasteiger partial charge is 0.167 e. The zero-order chi connectivity index (χ0) is 23.7. The third kappa shape index (κ3) is 4.01. The predicted molar refractivity (Wildman–Crippen MR) is 136 cm³/mol. The summed E-state index contributed by atoms with van der Waals surface area (Å²) in [6, 6.07) is 35.8. The topological polar surface area (TPSA) is 34.1 Å². The summed E-state index contributed by atoms with van der Waals surface area (Å²) >= 11 is 0. The van der Waals surface area contributed by atoms with Crippen molar-refractivity contribution in [3.63, 3.8) is 0 Å². The van der Waals surface area contributed by atoms with Crippen LogP contribution in [0.1, 0.15) is 54.8 Å². The van der Waals surface area contributed by atoms with Crippen molar-refractivity contribution in [2.75, 3.05) is 0 Å². The Kier molecular flexibility index (Phi) is 5.98. The number of rotatable bonds is 6. The fourth-order valence-corrected chi connectivity index (χ4v) is 5.40. The van der Waals surface area contributed by atoms with E-state index in [1.165, 1.54) is 0 Å². The SMILES string of the molecule is Cc1ccc(C(=O)C2C(C(=O)c3ccc(C)cc3)C(c3ccccc3)C2c2ccccc2)cc1. The first kappa shape index (κ1) is 22.0. The standard InChI is InChI=1S/C32H28O2/c1-21-13-17-25(18-14-21)31(33)29-27(23-9-5-3-6-10-23)28(24-11-7-4-8-12-24)30(29)32(34)26-19-15-22(2)16-20-26/h3-20,27-30H,1-2H3. The molecule has 1 saturated carbocycles. The first-order valence-corrected chi connectivity index (χ1v) is 11.9. The van der Waals surface area contributed by atoms with E-state index in [9.17, 15) is 9.59 Å². The molecule has 0 aromatic heterocycles. The number of aryl methyl sites for hydroxylation is 2. The zero-order valence-corrected chi connectivity index (χ0v) is 19.5. The summed E-state index contributed by atoms with van der Waals surface area (Å²) in [5, 5.41) is 0. The van der Waals surface area contributed by atoms with Gasteiger partial charge in [-0.05, 0) is 25.0 Å². The van der Waals surface area contributed by atoms with E-state index in [2.05, 4.69) is 24.3 Å². The van der Waals surface area contributed by atoms with Gasteiger partial charge < -0.3 is 0 Å². The molecule has 168 valence electrons. The van der Waals surface area contributed by atoms with Crippen molar-refractivity contribution < 1.29 is 9.59 Å². The van der Waals surface area contributed by atoms with Gasteiger partial charge in [-0.15, -0.1) is 0 Å². The second-order valence-corrected chi connectivity index (χ2v) is 9.39. The number of hydrogen-bond acceptors (Lipinski definition) is 2. The van der Waals surface area contributed by atoms with Gasteiger partial charge in [-0.2, -0.15) is 0 Å². The van der Waals surface area contributed by atoms with Gasteiger partial charge in [0.15, 0.2) is 11.6 Å². The average molecular weight is 445 g/mol. The summed E-state index contributed by atoms with van der Waals surface area (Å²) in [6.07, 6.45) is 0. The molecular weight excluding hydrogens is 416 g/mol. The molecule has 1 aliphatic rings. The molecule has 4 aromatic carbocycles. The van der Waals surface area contributed by atoms with Crippen molar-refractivity contribution in [3.05, 3.63) is 143 Å². The molecule has 0 N–H and O–H groups in total. The van der Waals surface area contributed by atoms with Crippen LogP contribution < -0.4 is 0 Å².